The van der Waals surface area contributed by atoms with Crippen LogP contribution in [0.25, 0.3) is 0 Å². The molecule has 1 rings (SSSR count). The van der Waals surface area contributed by atoms with Crippen LogP contribution in [0.2, 0.25) is 0 Å². The molecule has 6 heteroatoms. The van der Waals surface area contributed by atoms with E-state index in [2.05, 4.69) is 5.10 Å². The Morgan fingerprint density at radius 2 is 2.57 bits per heavy atom. The number of ether oxygens (including phenoxy) is 1. The fourth-order valence-electron chi connectivity index (χ4n) is 0.948. The van der Waals surface area contributed by atoms with Crippen molar-refractivity contribution in [3.63, 3.8) is 0 Å². The highest BCUT2D eigenvalue weighted by Gasteiger charge is 2.15. The van der Waals surface area contributed by atoms with Gasteiger partial charge in [0.05, 0.1) is 24.6 Å². The van der Waals surface area contributed by atoms with Crippen molar-refractivity contribution in [2.24, 2.45) is 0 Å². The molecule has 0 fully saturated rings. The van der Waals surface area contributed by atoms with Gasteiger partial charge in [0.15, 0.2) is 5.69 Å². The van der Waals surface area contributed by atoms with Gasteiger partial charge in [-0.15, -0.1) is 0 Å². The normalized spacial score (nSPS) is 9.43. The van der Waals surface area contributed by atoms with Gasteiger partial charge in [-0.2, -0.15) is 10.4 Å². The Labute approximate surface area is 80.9 Å². The van der Waals surface area contributed by atoms with E-state index in [1.807, 2.05) is 6.07 Å². The number of nitrogens with two attached hydrogens (primary N) is 1. The molecule has 1 aromatic heterocycles. The summed E-state index contributed by atoms with van der Waals surface area (Å²) in [6, 6.07) is 1.89. The van der Waals surface area contributed by atoms with Crippen molar-refractivity contribution in [1.82, 2.24) is 9.78 Å². The fraction of sp³-hybridized carbons (Fsp3) is 0.375. The summed E-state index contributed by atoms with van der Waals surface area (Å²) in [5.41, 5.74) is 5.79. The number of aromatic nitrogens is 2. The molecule has 0 spiro atoms. The van der Waals surface area contributed by atoms with Crippen LogP contribution in [0, 0.1) is 11.3 Å². The highest BCUT2D eigenvalue weighted by molar-refractivity contribution is 5.92. The van der Waals surface area contributed by atoms with Crippen LogP contribution in [0.3, 0.4) is 0 Å². The van der Waals surface area contributed by atoms with Crippen molar-refractivity contribution in [3.8, 4) is 6.07 Å². The minimum Gasteiger partial charge on any atom is -0.461 e. The summed E-state index contributed by atoms with van der Waals surface area (Å²) in [6.45, 7) is 2.02. The summed E-state index contributed by atoms with van der Waals surface area (Å²) < 4.78 is 6.02. The minimum atomic E-state index is -0.568. The molecule has 14 heavy (non-hydrogen) atoms. The van der Waals surface area contributed by atoms with E-state index < -0.39 is 5.97 Å². The van der Waals surface area contributed by atoms with E-state index in [1.54, 1.807) is 6.92 Å². The zero-order valence-electron chi connectivity index (χ0n) is 7.73. The lowest BCUT2D eigenvalue weighted by Crippen LogP contribution is -2.08. The molecule has 1 heterocycles. The van der Waals surface area contributed by atoms with Gasteiger partial charge in [0, 0.05) is 0 Å². The molecule has 0 bridgehead atoms. The summed E-state index contributed by atoms with van der Waals surface area (Å²) in [5, 5.41) is 12.2. The second-order valence-corrected chi connectivity index (χ2v) is 2.51. The Hall–Kier alpha value is -2.03. The second kappa shape index (κ2) is 4.28. The van der Waals surface area contributed by atoms with Gasteiger partial charge in [0.2, 0.25) is 0 Å². The highest BCUT2D eigenvalue weighted by atomic mass is 16.5. The molecule has 2 N–H and O–H groups in total. The number of hydrogen-bond acceptors (Lipinski definition) is 5. The molecular weight excluding hydrogens is 184 g/mol. The fourth-order valence-corrected chi connectivity index (χ4v) is 0.948. The van der Waals surface area contributed by atoms with Crippen LogP contribution in [0.5, 0.6) is 0 Å². The molecule has 0 aliphatic carbocycles. The lowest BCUT2D eigenvalue weighted by atomic mass is 10.4. The Bertz CT molecular complexity index is 377. The van der Waals surface area contributed by atoms with E-state index in [1.165, 1.54) is 10.9 Å². The largest absolute Gasteiger partial charge is 0.461 e. The van der Waals surface area contributed by atoms with Crippen molar-refractivity contribution in [2.75, 3.05) is 12.3 Å². The Balaban J connectivity index is 2.88. The molecular formula is C8H10N4O2. The quantitative estimate of drug-likeness (QED) is 0.692. The van der Waals surface area contributed by atoms with Crippen LogP contribution in [-0.2, 0) is 11.3 Å². The highest BCUT2D eigenvalue weighted by Crippen LogP contribution is 2.10. The molecule has 0 saturated carbocycles. The number of esters is 1. The number of anilines is 1. The predicted molar refractivity (Wildman–Crippen MR) is 48.2 cm³/mol. The maximum absolute atomic E-state index is 11.2. The van der Waals surface area contributed by atoms with Crippen LogP contribution in [-0.4, -0.2) is 22.4 Å². The van der Waals surface area contributed by atoms with Crippen LogP contribution < -0.4 is 5.73 Å². The molecule has 0 atom stereocenters. The van der Waals surface area contributed by atoms with Gasteiger partial charge < -0.3 is 10.5 Å². The molecule has 74 valence electrons. The zero-order valence-corrected chi connectivity index (χ0v) is 7.73. The minimum absolute atomic E-state index is 0.0575. The first-order chi connectivity index (χ1) is 6.69. The Morgan fingerprint density at radius 3 is 3.14 bits per heavy atom. The average molecular weight is 194 g/mol. The van der Waals surface area contributed by atoms with E-state index in [9.17, 15) is 4.79 Å². The standard InChI is InChI=1S/C8H10N4O2/c1-2-14-8(13)7-6(10)5-12(11-7)4-3-9/h5H,2,4,10H2,1H3. The van der Waals surface area contributed by atoms with Gasteiger partial charge in [-0.3, -0.25) is 4.68 Å². The number of nitriles is 1. The smallest absolute Gasteiger partial charge is 0.361 e. The van der Waals surface area contributed by atoms with E-state index >= 15 is 0 Å². The molecule has 0 radical (unpaired) electrons. The first-order valence-corrected chi connectivity index (χ1v) is 4.06. The third-order valence-corrected chi connectivity index (χ3v) is 1.49. The Morgan fingerprint density at radius 1 is 1.86 bits per heavy atom. The lowest BCUT2D eigenvalue weighted by molar-refractivity contribution is 0.0519. The molecule has 1 aromatic rings. The monoisotopic (exact) mass is 194 g/mol. The Kier molecular flexibility index (Phi) is 3.07. The number of nitrogen functional groups attached to an aromatic ring is 1. The number of rotatable bonds is 3. The summed E-state index contributed by atoms with van der Waals surface area (Å²) in [4.78, 5) is 11.2. The number of hydrogen-bond donors (Lipinski definition) is 1. The number of nitrogens with zero attached hydrogens (tertiary/aromatic N) is 3. The van der Waals surface area contributed by atoms with Gasteiger partial charge in [-0.25, -0.2) is 4.79 Å². The second-order valence-electron chi connectivity index (χ2n) is 2.51. The van der Waals surface area contributed by atoms with Crippen molar-refractivity contribution in [2.45, 2.75) is 13.5 Å². The lowest BCUT2D eigenvalue weighted by Gasteiger charge is -1.97. The molecule has 0 unspecified atom stereocenters. The van der Waals surface area contributed by atoms with Crippen molar-refractivity contribution in [3.05, 3.63) is 11.9 Å². The summed E-state index contributed by atoms with van der Waals surface area (Å²) in [6.07, 6.45) is 1.43. The summed E-state index contributed by atoms with van der Waals surface area (Å²) in [7, 11) is 0. The van der Waals surface area contributed by atoms with Gasteiger partial charge in [-0.05, 0) is 6.92 Å². The maximum Gasteiger partial charge on any atom is 0.361 e. The van der Waals surface area contributed by atoms with E-state index in [0.717, 1.165) is 0 Å². The SMILES string of the molecule is CCOC(=O)c1nn(CC#N)cc1N. The first kappa shape index (κ1) is 10.1. The van der Waals surface area contributed by atoms with E-state index in [4.69, 9.17) is 15.7 Å². The molecule has 0 aliphatic rings. The zero-order chi connectivity index (χ0) is 10.6. The van der Waals surface area contributed by atoms with Crippen molar-refractivity contribution >= 4 is 11.7 Å². The van der Waals surface area contributed by atoms with Crippen molar-refractivity contribution < 1.29 is 9.53 Å². The van der Waals surface area contributed by atoms with Crippen LogP contribution in [0.4, 0.5) is 5.69 Å². The molecule has 0 amide bonds. The van der Waals surface area contributed by atoms with Crippen molar-refractivity contribution in [1.29, 1.82) is 5.26 Å². The van der Waals surface area contributed by atoms with Gasteiger partial charge in [0.1, 0.15) is 6.54 Å². The molecule has 0 saturated heterocycles. The third kappa shape index (κ3) is 2.01. The van der Waals surface area contributed by atoms with Crippen LogP contribution in [0.15, 0.2) is 6.20 Å². The maximum atomic E-state index is 11.2. The molecule has 6 nitrogen and oxygen atoms in total. The number of carbonyl (C=O) groups excluding carboxylic acids is 1. The molecule has 0 aliphatic heterocycles. The summed E-state index contributed by atoms with van der Waals surface area (Å²) >= 11 is 0. The van der Waals surface area contributed by atoms with Gasteiger partial charge in [-0.1, -0.05) is 0 Å². The average Bonchev–Trinajstić information content (AvgIpc) is 2.48. The van der Waals surface area contributed by atoms with Gasteiger partial charge >= 0.3 is 5.97 Å². The van der Waals surface area contributed by atoms with E-state index in [0.29, 0.717) is 0 Å². The number of carbonyl (C=O) groups is 1. The molecule has 0 aromatic carbocycles. The third-order valence-electron chi connectivity index (χ3n) is 1.49. The van der Waals surface area contributed by atoms with Crippen LogP contribution >= 0.6 is 0 Å². The van der Waals surface area contributed by atoms with E-state index in [-0.39, 0.29) is 24.5 Å². The first-order valence-electron chi connectivity index (χ1n) is 4.06. The predicted octanol–water partition coefficient (Wildman–Crippen LogP) is 0.166. The summed E-state index contributed by atoms with van der Waals surface area (Å²) in [5.74, 6) is -0.568. The topological polar surface area (TPSA) is 93.9 Å². The van der Waals surface area contributed by atoms with Crippen LogP contribution in [0.1, 0.15) is 17.4 Å². The van der Waals surface area contributed by atoms with Gasteiger partial charge in [0.25, 0.3) is 0 Å².